The fraction of sp³-hybridized carbons (Fsp3) is 0.500. The Morgan fingerprint density at radius 2 is 2.22 bits per heavy atom. The van der Waals surface area contributed by atoms with Crippen LogP contribution in [0, 0.1) is 0 Å². The summed E-state index contributed by atoms with van der Waals surface area (Å²) in [5, 5.41) is 3.22. The van der Waals surface area contributed by atoms with Crippen LogP contribution in [0.25, 0.3) is 0 Å². The third kappa shape index (κ3) is 5.49. The standard InChI is InChI=1S/C16H21ClN2O4/c1-22-16(21)10-18-15(20)6-7-19-8-9-23-14(11-19)12-4-2-3-5-13(12)17/h2-5,14H,6-11H2,1H3,(H,18,20). The summed E-state index contributed by atoms with van der Waals surface area (Å²) in [5.74, 6) is -0.625. The number of halogens is 1. The van der Waals surface area contributed by atoms with Gasteiger partial charge in [-0.2, -0.15) is 0 Å². The van der Waals surface area contributed by atoms with Gasteiger partial charge in [0.15, 0.2) is 0 Å². The van der Waals surface area contributed by atoms with Crippen LogP contribution in [-0.4, -0.2) is 56.7 Å². The lowest BCUT2D eigenvalue weighted by Gasteiger charge is -2.33. The predicted octanol–water partition coefficient (Wildman–Crippen LogP) is 1.39. The van der Waals surface area contributed by atoms with Gasteiger partial charge in [-0.15, -0.1) is 0 Å². The Morgan fingerprint density at radius 3 is 2.96 bits per heavy atom. The van der Waals surface area contributed by atoms with Gasteiger partial charge in [0.1, 0.15) is 6.54 Å². The number of ether oxygens (including phenoxy) is 2. The maximum absolute atomic E-state index is 11.7. The molecule has 0 saturated carbocycles. The summed E-state index contributed by atoms with van der Waals surface area (Å²) in [4.78, 5) is 24.9. The minimum Gasteiger partial charge on any atom is -0.468 e. The molecule has 1 fully saturated rings. The van der Waals surface area contributed by atoms with Crippen LogP contribution in [0.2, 0.25) is 5.02 Å². The molecule has 1 N–H and O–H groups in total. The summed E-state index contributed by atoms with van der Waals surface area (Å²) in [6, 6.07) is 7.63. The number of methoxy groups -OCH3 is 1. The molecule has 1 heterocycles. The van der Waals surface area contributed by atoms with Gasteiger partial charge in [-0.05, 0) is 6.07 Å². The Labute approximate surface area is 140 Å². The van der Waals surface area contributed by atoms with Crippen molar-refractivity contribution in [2.75, 3.05) is 39.9 Å². The fourth-order valence-corrected chi connectivity index (χ4v) is 2.68. The molecule has 1 aromatic carbocycles. The molecule has 1 saturated heterocycles. The van der Waals surface area contributed by atoms with Gasteiger partial charge >= 0.3 is 5.97 Å². The number of rotatable bonds is 6. The highest BCUT2D eigenvalue weighted by molar-refractivity contribution is 6.31. The van der Waals surface area contributed by atoms with Gasteiger partial charge in [-0.1, -0.05) is 29.8 Å². The average molecular weight is 341 g/mol. The van der Waals surface area contributed by atoms with Crippen molar-refractivity contribution in [3.05, 3.63) is 34.9 Å². The molecule has 2 rings (SSSR count). The van der Waals surface area contributed by atoms with E-state index in [0.29, 0.717) is 31.1 Å². The van der Waals surface area contributed by atoms with Crippen LogP contribution < -0.4 is 5.32 Å². The molecule has 1 atom stereocenters. The normalized spacial score (nSPS) is 18.4. The second-order valence-corrected chi connectivity index (χ2v) is 5.69. The van der Waals surface area contributed by atoms with E-state index < -0.39 is 5.97 Å². The van der Waals surface area contributed by atoms with Crippen LogP contribution in [0.1, 0.15) is 18.1 Å². The fourth-order valence-electron chi connectivity index (χ4n) is 2.42. The third-order valence-electron chi connectivity index (χ3n) is 3.72. The van der Waals surface area contributed by atoms with E-state index in [4.69, 9.17) is 16.3 Å². The molecule has 0 bridgehead atoms. The van der Waals surface area contributed by atoms with Crippen molar-refractivity contribution < 1.29 is 19.1 Å². The van der Waals surface area contributed by atoms with Gasteiger partial charge in [0.2, 0.25) is 5.91 Å². The summed E-state index contributed by atoms with van der Waals surface area (Å²) in [6.45, 7) is 2.57. The molecule has 0 radical (unpaired) electrons. The SMILES string of the molecule is COC(=O)CNC(=O)CCN1CCOC(c2ccccc2Cl)C1. The van der Waals surface area contributed by atoms with Crippen molar-refractivity contribution in [2.45, 2.75) is 12.5 Å². The average Bonchev–Trinajstić information content (AvgIpc) is 2.58. The second kappa shape index (κ2) is 8.86. The molecule has 0 spiro atoms. The van der Waals surface area contributed by atoms with Crippen molar-refractivity contribution in [1.82, 2.24) is 10.2 Å². The van der Waals surface area contributed by atoms with Crippen LogP contribution in [-0.2, 0) is 19.1 Å². The minimum absolute atomic E-state index is 0.0874. The Hall–Kier alpha value is -1.63. The smallest absolute Gasteiger partial charge is 0.325 e. The molecular weight excluding hydrogens is 320 g/mol. The van der Waals surface area contributed by atoms with E-state index in [-0.39, 0.29) is 18.6 Å². The quantitative estimate of drug-likeness (QED) is 0.793. The first kappa shape index (κ1) is 17.7. The molecule has 6 nitrogen and oxygen atoms in total. The van der Waals surface area contributed by atoms with E-state index in [9.17, 15) is 9.59 Å². The zero-order valence-corrected chi connectivity index (χ0v) is 13.8. The Balaban J connectivity index is 1.79. The number of esters is 1. The van der Waals surface area contributed by atoms with Gasteiger partial charge in [0.05, 0.1) is 19.8 Å². The number of carbonyl (C=O) groups is 2. The lowest BCUT2D eigenvalue weighted by Crippen LogP contribution is -2.41. The van der Waals surface area contributed by atoms with Crippen LogP contribution >= 0.6 is 11.6 Å². The van der Waals surface area contributed by atoms with Gasteiger partial charge in [0.25, 0.3) is 0 Å². The summed E-state index contributed by atoms with van der Waals surface area (Å²) >= 11 is 6.21. The van der Waals surface area contributed by atoms with E-state index >= 15 is 0 Å². The molecule has 0 aliphatic carbocycles. The molecular formula is C16H21ClN2O4. The first-order valence-corrected chi connectivity index (χ1v) is 7.90. The van der Waals surface area contributed by atoms with E-state index in [1.54, 1.807) is 0 Å². The molecule has 23 heavy (non-hydrogen) atoms. The van der Waals surface area contributed by atoms with Gasteiger partial charge in [0, 0.05) is 36.6 Å². The lowest BCUT2D eigenvalue weighted by molar-refractivity contribution is -0.141. The summed E-state index contributed by atoms with van der Waals surface area (Å²) in [7, 11) is 1.29. The van der Waals surface area contributed by atoms with Crippen molar-refractivity contribution in [1.29, 1.82) is 0 Å². The minimum atomic E-state index is -0.455. The molecule has 1 amide bonds. The monoisotopic (exact) mass is 340 g/mol. The molecule has 126 valence electrons. The number of hydrogen-bond acceptors (Lipinski definition) is 5. The van der Waals surface area contributed by atoms with Crippen molar-refractivity contribution in [2.24, 2.45) is 0 Å². The Morgan fingerprint density at radius 1 is 1.43 bits per heavy atom. The van der Waals surface area contributed by atoms with Crippen molar-refractivity contribution in [3.8, 4) is 0 Å². The lowest BCUT2D eigenvalue weighted by atomic mass is 10.1. The first-order valence-electron chi connectivity index (χ1n) is 7.52. The van der Waals surface area contributed by atoms with E-state index in [1.165, 1.54) is 7.11 Å². The van der Waals surface area contributed by atoms with Crippen LogP contribution in [0.15, 0.2) is 24.3 Å². The number of benzene rings is 1. The van der Waals surface area contributed by atoms with Crippen molar-refractivity contribution >= 4 is 23.5 Å². The number of nitrogens with zero attached hydrogens (tertiary/aromatic N) is 1. The first-order chi connectivity index (χ1) is 11.1. The van der Waals surface area contributed by atoms with Gasteiger partial charge < -0.3 is 14.8 Å². The zero-order valence-electron chi connectivity index (χ0n) is 13.1. The number of hydrogen-bond donors (Lipinski definition) is 1. The molecule has 7 heteroatoms. The Bertz CT molecular complexity index is 553. The van der Waals surface area contributed by atoms with E-state index in [0.717, 1.165) is 12.1 Å². The topological polar surface area (TPSA) is 67.9 Å². The second-order valence-electron chi connectivity index (χ2n) is 5.28. The maximum Gasteiger partial charge on any atom is 0.325 e. The number of morpholine rings is 1. The number of carbonyl (C=O) groups excluding carboxylic acids is 2. The molecule has 1 aliphatic rings. The highest BCUT2D eigenvalue weighted by Crippen LogP contribution is 2.28. The molecule has 0 aromatic heterocycles. The Kier molecular flexibility index (Phi) is 6.83. The highest BCUT2D eigenvalue weighted by Gasteiger charge is 2.23. The van der Waals surface area contributed by atoms with Crippen molar-refractivity contribution in [3.63, 3.8) is 0 Å². The number of nitrogens with one attached hydrogen (secondary N) is 1. The van der Waals surface area contributed by atoms with Crippen LogP contribution in [0.3, 0.4) is 0 Å². The van der Waals surface area contributed by atoms with Gasteiger partial charge in [-0.3, -0.25) is 14.5 Å². The highest BCUT2D eigenvalue weighted by atomic mass is 35.5. The predicted molar refractivity (Wildman–Crippen MR) is 86.2 cm³/mol. The summed E-state index contributed by atoms with van der Waals surface area (Å²) < 4.78 is 10.3. The molecule has 1 aromatic rings. The molecule has 1 unspecified atom stereocenters. The zero-order chi connectivity index (χ0) is 16.7. The van der Waals surface area contributed by atoms with Crippen LogP contribution in [0.5, 0.6) is 0 Å². The number of amides is 1. The van der Waals surface area contributed by atoms with E-state index in [2.05, 4.69) is 15.0 Å². The van der Waals surface area contributed by atoms with Gasteiger partial charge in [-0.25, -0.2) is 0 Å². The third-order valence-corrected chi connectivity index (χ3v) is 4.06. The molecule has 1 aliphatic heterocycles. The summed E-state index contributed by atoms with van der Waals surface area (Å²) in [5.41, 5.74) is 0.967. The maximum atomic E-state index is 11.7. The van der Waals surface area contributed by atoms with E-state index in [1.807, 2.05) is 24.3 Å². The summed E-state index contributed by atoms with van der Waals surface area (Å²) in [6.07, 6.45) is 0.238. The van der Waals surface area contributed by atoms with Crippen LogP contribution in [0.4, 0.5) is 0 Å². The largest absolute Gasteiger partial charge is 0.468 e.